The van der Waals surface area contributed by atoms with Gasteiger partial charge in [-0.05, 0) is 31.5 Å². The summed E-state index contributed by atoms with van der Waals surface area (Å²) in [6, 6.07) is 6.07. The summed E-state index contributed by atoms with van der Waals surface area (Å²) < 4.78 is 46.6. The first-order valence-electron chi connectivity index (χ1n) is 9.45. The first-order chi connectivity index (χ1) is 14.8. The van der Waals surface area contributed by atoms with E-state index in [0.717, 1.165) is 21.8 Å². The fraction of sp³-hybridized carbons (Fsp3) is 0.286. The van der Waals surface area contributed by atoms with Crippen LogP contribution >= 0.6 is 23.1 Å². The number of rotatable bonds is 5. The number of nitrogens with zero attached hydrogens (tertiary/aromatic N) is 2. The topological polar surface area (TPSA) is 59.5 Å². The van der Waals surface area contributed by atoms with E-state index in [1.165, 1.54) is 16.7 Å². The van der Waals surface area contributed by atoms with Gasteiger partial charge in [0.15, 0.2) is 11.6 Å². The minimum Gasteiger partial charge on any atom is -0.466 e. The van der Waals surface area contributed by atoms with Gasteiger partial charge < -0.3 is 9.64 Å². The van der Waals surface area contributed by atoms with Crippen LogP contribution < -0.4 is 4.90 Å². The molecule has 3 aromatic rings. The van der Waals surface area contributed by atoms with E-state index in [1.807, 2.05) is 25.1 Å². The van der Waals surface area contributed by atoms with Crippen molar-refractivity contribution in [3.8, 4) is 0 Å². The molecule has 10 heteroatoms. The Morgan fingerprint density at radius 2 is 2.00 bits per heavy atom. The third-order valence-corrected chi connectivity index (χ3v) is 7.03. The Bertz CT molecular complexity index is 1200. The van der Waals surface area contributed by atoms with Gasteiger partial charge in [-0.3, -0.25) is 9.59 Å². The smallest absolute Gasteiger partial charge is 0.307 e. The molecule has 0 saturated carbocycles. The number of aryl methyl sites for hydroxylation is 1. The van der Waals surface area contributed by atoms with Crippen LogP contribution in [-0.2, 0) is 20.9 Å². The number of thiazole rings is 1. The third kappa shape index (κ3) is 4.14. The summed E-state index contributed by atoms with van der Waals surface area (Å²) in [5, 5.41) is -0.449. The highest BCUT2D eigenvalue weighted by Crippen LogP contribution is 2.42. The summed E-state index contributed by atoms with van der Waals surface area (Å²) in [6.07, 6.45) is -0.102. The molecule has 1 amide bonds. The van der Waals surface area contributed by atoms with Gasteiger partial charge >= 0.3 is 5.97 Å². The van der Waals surface area contributed by atoms with E-state index in [1.54, 1.807) is 6.92 Å². The number of ether oxygens (including phenoxy) is 1. The SMILES string of the molecule is CCOC(=O)CC1Sc2ccc(C)cc2N(Cc2nc3c(F)c(F)cc(F)c3s2)C1=O. The lowest BCUT2D eigenvalue weighted by molar-refractivity contribution is -0.144. The van der Waals surface area contributed by atoms with Crippen LogP contribution in [0.5, 0.6) is 0 Å². The molecule has 1 aromatic heterocycles. The average Bonchev–Trinajstić information content (AvgIpc) is 3.15. The van der Waals surface area contributed by atoms with Crippen molar-refractivity contribution in [3.63, 3.8) is 0 Å². The van der Waals surface area contributed by atoms with Gasteiger partial charge in [0.1, 0.15) is 16.3 Å². The Balaban J connectivity index is 1.72. The van der Waals surface area contributed by atoms with Crippen LogP contribution in [0.2, 0.25) is 0 Å². The first-order valence-corrected chi connectivity index (χ1v) is 11.1. The molecule has 2 aromatic carbocycles. The molecule has 1 atom stereocenters. The molecular formula is C21H17F3N2O3S2. The van der Waals surface area contributed by atoms with Gasteiger partial charge in [-0.2, -0.15) is 0 Å². The average molecular weight is 467 g/mol. The number of carbonyl (C=O) groups excluding carboxylic acids is 2. The molecular weight excluding hydrogens is 449 g/mol. The summed E-state index contributed by atoms with van der Waals surface area (Å²) >= 11 is 2.14. The maximum atomic E-state index is 14.1. The van der Waals surface area contributed by atoms with Crippen molar-refractivity contribution >= 4 is 50.9 Å². The minimum absolute atomic E-state index is 0.0605. The molecule has 5 nitrogen and oxygen atoms in total. The Hall–Kier alpha value is -2.59. The molecule has 0 fully saturated rings. The summed E-state index contributed by atoms with van der Waals surface area (Å²) in [5.41, 5.74) is 1.15. The number of hydrogen-bond donors (Lipinski definition) is 0. The molecule has 0 bridgehead atoms. The number of esters is 1. The van der Waals surface area contributed by atoms with E-state index in [0.29, 0.717) is 11.8 Å². The van der Waals surface area contributed by atoms with Gasteiger partial charge in [0, 0.05) is 11.0 Å². The van der Waals surface area contributed by atoms with Gasteiger partial charge in [0.2, 0.25) is 5.91 Å². The van der Waals surface area contributed by atoms with E-state index in [2.05, 4.69) is 4.98 Å². The van der Waals surface area contributed by atoms with Crippen molar-refractivity contribution in [2.24, 2.45) is 0 Å². The van der Waals surface area contributed by atoms with Crippen molar-refractivity contribution in [3.05, 3.63) is 52.3 Å². The summed E-state index contributed by atoms with van der Waals surface area (Å²) in [5.74, 6) is -4.26. The van der Waals surface area contributed by atoms with Gasteiger partial charge in [0.25, 0.3) is 0 Å². The van der Waals surface area contributed by atoms with Crippen molar-refractivity contribution in [1.29, 1.82) is 0 Å². The van der Waals surface area contributed by atoms with Gasteiger partial charge in [0.05, 0.1) is 35.2 Å². The lowest BCUT2D eigenvalue weighted by atomic mass is 10.1. The zero-order chi connectivity index (χ0) is 22.3. The van der Waals surface area contributed by atoms with Crippen LogP contribution in [0.15, 0.2) is 29.2 Å². The largest absolute Gasteiger partial charge is 0.466 e. The number of benzene rings is 2. The second kappa shape index (κ2) is 8.51. The lowest BCUT2D eigenvalue weighted by Crippen LogP contribution is -2.41. The predicted octanol–water partition coefficient (Wildman–Crippen LogP) is 4.98. The zero-order valence-corrected chi connectivity index (χ0v) is 18.2. The van der Waals surface area contributed by atoms with E-state index in [4.69, 9.17) is 4.74 Å². The Labute approximate surface area is 184 Å². The predicted molar refractivity (Wildman–Crippen MR) is 113 cm³/mol. The maximum absolute atomic E-state index is 14.1. The molecule has 0 aliphatic carbocycles. The number of carbonyl (C=O) groups is 2. The maximum Gasteiger partial charge on any atom is 0.307 e. The minimum atomic E-state index is -1.32. The fourth-order valence-corrected chi connectivity index (χ4v) is 5.47. The van der Waals surface area contributed by atoms with Crippen molar-refractivity contribution < 1.29 is 27.5 Å². The third-order valence-electron chi connectivity index (χ3n) is 4.73. The van der Waals surface area contributed by atoms with E-state index >= 15 is 0 Å². The Kier molecular flexibility index (Phi) is 5.94. The number of halogens is 3. The normalized spacial score (nSPS) is 16.0. The first kappa shape index (κ1) is 21.6. The van der Waals surface area contributed by atoms with Crippen molar-refractivity contribution in [1.82, 2.24) is 4.98 Å². The molecule has 0 saturated heterocycles. The van der Waals surface area contributed by atoms with Crippen LogP contribution in [0.4, 0.5) is 18.9 Å². The van der Waals surface area contributed by atoms with E-state index in [-0.39, 0.29) is 35.2 Å². The van der Waals surface area contributed by atoms with Crippen LogP contribution in [0.3, 0.4) is 0 Å². The van der Waals surface area contributed by atoms with E-state index < -0.39 is 34.2 Å². The summed E-state index contributed by atoms with van der Waals surface area (Å²) in [4.78, 5) is 31.5. The number of thioether (sulfide) groups is 1. The summed E-state index contributed by atoms with van der Waals surface area (Å²) in [6.45, 7) is 3.72. The monoisotopic (exact) mass is 466 g/mol. The standard InChI is InChI=1S/C21H17F3N2O3S2/c1-3-29-17(27)8-15-21(28)26(13-6-10(2)4-5-14(13)30-15)9-16-25-19-18(24)11(22)7-12(23)20(19)31-16/h4-7,15H,3,8-9H2,1-2H3. The quantitative estimate of drug-likeness (QED) is 0.392. The molecule has 2 heterocycles. The molecule has 0 radical (unpaired) electrons. The number of fused-ring (bicyclic) bond motifs is 2. The second-order valence-corrected chi connectivity index (χ2v) is 9.28. The highest BCUT2D eigenvalue weighted by molar-refractivity contribution is 8.01. The van der Waals surface area contributed by atoms with Gasteiger partial charge in [-0.15, -0.1) is 23.1 Å². The summed E-state index contributed by atoms with van der Waals surface area (Å²) in [7, 11) is 0. The molecule has 162 valence electrons. The second-order valence-electron chi connectivity index (χ2n) is 6.95. The Morgan fingerprint density at radius 1 is 1.23 bits per heavy atom. The van der Waals surface area contributed by atoms with Crippen LogP contribution in [0, 0.1) is 24.4 Å². The molecule has 0 spiro atoms. The lowest BCUT2D eigenvalue weighted by Gasteiger charge is -2.33. The molecule has 31 heavy (non-hydrogen) atoms. The van der Waals surface area contributed by atoms with Gasteiger partial charge in [-0.25, -0.2) is 18.2 Å². The van der Waals surface area contributed by atoms with Crippen LogP contribution in [0.1, 0.15) is 23.9 Å². The highest BCUT2D eigenvalue weighted by Gasteiger charge is 2.36. The van der Waals surface area contributed by atoms with E-state index in [9.17, 15) is 22.8 Å². The molecule has 1 aliphatic heterocycles. The Morgan fingerprint density at radius 3 is 2.74 bits per heavy atom. The van der Waals surface area contributed by atoms with Gasteiger partial charge in [-0.1, -0.05) is 6.07 Å². The number of amides is 1. The molecule has 1 aliphatic rings. The van der Waals surface area contributed by atoms with Crippen LogP contribution in [0.25, 0.3) is 10.2 Å². The highest BCUT2D eigenvalue weighted by atomic mass is 32.2. The fourth-order valence-electron chi connectivity index (χ4n) is 3.33. The number of anilines is 1. The number of hydrogen-bond acceptors (Lipinski definition) is 6. The van der Waals surface area contributed by atoms with Crippen LogP contribution in [-0.4, -0.2) is 28.7 Å². The van der Waals surface area contributed by atoms with Crippen molar-refractivity contribution in [2.45, 2.75) is 37.0 Å². The molecule has 0 N–H and O–H groups in total. The van der Waals surface area contributed by atoms with Crippen molar-refractivity contribution in [2.75, 3.05) is 11.5 Å². The molecule has 1 unspecified atom stereocenters. The molecule has 4 rings (SSSR count). The zero-order valence-electron chi connectivity index (χ0n) is 16.6. The number of aromatic nitrogens is 1.